The summed E-state index contributed by atoms with van der Waals surface area (Å²) in [5, 5.41) is 0. The fourth-order valence-electron chi connectivity index (χ4n) is 8.78. The summed E-state index contributed by atoms with van der Waals surface area (Å²) in [5.41, 5.74) is 0. The molecule has 11 atom stereocenters. The molecule has 6 rings (SSSR count). The Kier molecular flexibility index (Phi) is 1.89. The van der Waals surface area contributed by atoms with Crippen LogP contribution in [0.1, 0.15) is 32.1 Å². The molecule has 0 aromatic heterocycles. The van der Waals surface area contributed by atoms with E-state index >= 15 is 0 Å². The first kappa shape index (κ1) is 11.0. The third kappa shape index (κ3) is 1.03. The highest BCUT2D eigenvalue weighted by atomic mass is 16.1. The first-order valence-electron chi connectivity index (χ1n) is 8.98. The van der Waals surface area contributed by atoms with Gasteiger partial charge in [0.15, 0.2) is 0 Å². The molecule has 0 N–H and O–H groups in total. The van der Waals surface area contributed by atoms with Crippen molar-refractivity contribution in [3.63, 3.8) is 0 Å². The van der Waals surface area contributed by atoms with Crippen LogP contribution in [0.5, 0.6) is 0 Å². The van der Waals surface area contributed by atoms with Crippen molar-refractivity contribution in [1.82, 2.24) is 0 Å². The van der Waals surface area contributed by atoms with Crippen LogP contribution in [-0.4, -0.2) is 6.29 Å². The van der Waals surface area contributed by atoms with Crippen LogP contribution in [0.15, 0.2) is 12.2 Å². The van der Waals surface area contributed by atoms with Crippen molar-refractivity contribution in [1.29, 1.82) is 0 Å². The number of aldehydes is 1. The summed E-state index contributed by atoms with van der Waals surface area (Å²) in [7, 11) is 0. The molecule has 5 fully saturated rings. The molecule has 0 spiro atoms. The summed E-state index contributed by atoms with van der Waals surface area (Å²) in [5.74, 6) is 11.0. The average Bonchev–Trinajstić information content (AvgIpc) is 3.23. The summed E-state index contributed by atoms with van der Waals surface area (Å²) in [6, 6.07) is 0. The lowest BCUT2D eigenvalue weighted by Crippen LogP contribution is -2.41. The number of carbonyl (C=O) groups is 1. The SMILES string of the molecule is O=CCC1CC2CC1C1C3CC(C4C5C=CC(C5)C34)C21. The Balaban J connectivity index is 1.38. The highest BCUT2D eigenvalue weighted by Gasteiger charge is 2.70. The number of rotatable bonds is 2. The summed E-state index contributed by atoms with van der Waals surface area (Å²) in [6.07, 6.45) is 13.2. The number of carbonyl (C=O) groups excluding carboxylic acids is 1. The molecule has 6 aliphatic rings. The minimum Gasteiger partial charge on any atom is -0.303 e. The van der Waals surface area contributed by atoms with Gasteiger partial charge in [-0.3, -0.25) is 0 Å². The van der Waals surface area contributed by atoms with Crippen LogP contribution in [-0.2, 0) is 4.79 Å². The third-order valence-corrected chi connectivity index (χ3v) is 8.77. The standard InChI is InChI=1S/C19H24O/c20-4-3-9-5-12-7-13(9)19-15-8-14(18(12)19)16-10-1-2-11(6-10)17(15)16/h1-2,4,9-19H,3,5-8H2. The lowest BCUT2D eigenvalue weighted by molar-refractivity contribution is -0.109. The van der Waals surface area contributed by atoms with Crippen LogP contribution in [0, 0.1) is 65.1 Å². The van der Waals surface area contributed by atoms with Gasteiger partial charge >= 0.3 is 0 Å². The highest BCUT2D eigenvalue weighted by Crippen LogP contribution is 2.76. The minimum atomic E-state index is 0.769. The maximum Gasteiger partial charge on any atom is 0.120 e. The van der Waals surface area contributed by atoms with Gasteiger partial charge in [0.25, 0.3) is 0 Å². The average molecular weight is 268 g/mol. The van der Waals surface area contributed by atoms with Crippen LogP contribution >= 0.6 is 0 Å². The van der Waals surface area contributed by atoms with Crippen molar-refractivity contribution in [2.45, 2.75) is 32.1 Å². The van der Waals surface area contributed by atoms with Gasteiger partial charge in [-0.05, 0) is 90.8 Å². The lowest BCUT2D eigenvalue weighted by atomic mass is 9.59. The van der Waals surface area contributed by atoms with Crippen molar-refractivity contribution in [2.75, 3.05) is 0 Å². The van der Waals surface area contributed by atoms with Gasteiger partial charge < -0.3 is 4.79 Å². The van der Waals surface area contributed by atoms with Crippen molar-refractivity contribution >= 4 is 6.29 Å². The molecule has 5 saturated carbocycles. The zero-order valence-corrected chi connectivity index (χ0v) is 12.0. The minimum absolute atomic E-state index is 0.769. The van der Waals surface area contributed by atoms with E-state index in [0.717, 1.165) is 71.5 Å². The molecule has 1 heteroatoms. The molecule has 0 heterocycles. The van der Waals surface area contributed by atoms with Crippen LogP contribution in [0.4, 0.5) is 0 Å². The fourth-order valence-corrected chi connectivity index (χ4v) is 8.78. The Hall–Kier alpha value is -0.590. The molecule has 6 bridgehead atoms. The zero-order chi connectivity index (χ0) is 13.0. The zero-order valence-electron chi connectivity index (χ0n) is 12.0. The van der Waals surface area contributed by atoms with E-state index in [9.17, 15) is 4.79 Å². The second-order valence-corrected chi connectivity index (χ2v) is 8.88. The molecule has 20 heavy (non-hydrogen) atoms. The normalized spacial score (nSPS) is 66.9. The largest absolute Gasteiger partial charge is 0.303 e. The van der Waals surface area contributed by atoms with Gasteiger partial charge in [-0.25, -0.2) is 0 Å². The van der Waals surface area contributed by atoms with Crippen molar-refractivity contribution in [2.24, 2.45) is 65.1 Å². The lowest BCUT2D eigenvalue weighted by Gasteiger charge is -2.45. The molecule has 0 radical (unpaired) electrons. The summed E-state index contributed by atoms with van der Waals surface area (Å²) >= 11 is 0. The molecular weight excluding hydrogens is 244 g/mol. The molecule has 11 unspecified atom stereocenters. The molecular formula is C19H24O. The Morgan fingerprint density at radius 1 is 0.800 bits per heavy atom. The molecule has 0 aliphatic heterocycles. The van der Waals surface area contributed by atoms with Crippen molar-refractivity contribution in [3.8, 4) is 0 Å². The second-order valence-electron chi connectivity index (χ2n) is 8.88. The quantitative estimate of drug-likeness (QED) is 0.425. The van der Waals surface area contributed by atoms with E-state index in [2.05, 4.69) is 12.2 Å². The number of hydrogen-bond acceptors (Lipinski definition) is 1. The maximum atomic E-state index is 11.0. The van der Waals surface area contributed by atoms with E-state index in [1.807, 2.05) is 0 Å². The Morgan fingerprint density at radius 2 is 1.55 bits per heavy atom. The van der Waals surface area contributed by atoms with Gasteiger partial charge in [0.2, 0.25) is 0 Å². The first-order valence-corrected chi connectivity index (χ1v) is 8.98. The third-order valence-electron chi connectivity index (χ3n) is 8.77. The van der Waals surface area contributed by atoms with Crippen LogP contribution in [0.3, 0.4) is 0 Å². The summed E-state index contributed by atoms with van der Waals surface area (Å²) < 4.78 is 0. The summed E-state index contributed by atoms with van der Waals surface area (Å²) in [4.78, 5) is 11.0. The number of fused-ring (bicyclic) bond motifs is 16. The molecule has 0 aromatic carbocycles. The van der Waals surface area contributed by atoms with Crippen LogP contribution in [0.2, 0.25) is 0 Å². The number of hydrogen-bond donors (Lipinski definition) is 0. The van der Waals surface area contributed by atoms with Crippen LogP contribution < -0.4 is 0 Å². The Morgan fingerprint density at radius 3 is 2.30 bits per heavy atom. The van der Waals surface area contributed by atoms with Gasteiger partial charge in [0.1, 0.15) is 6.29 Å². The maximum absolute atomic E-state index is 11.0. The van der Waals surface area contributed by atoms with E-state index in [1.54, 1.807) is 6.42 Å². The summed E-state index contributed by atoms with van der Waals surface area (Å²) in [6.45, 7) is 0. The van der Waals surface area contributed by atoms with E-state index in [4.69, 9.17) is 0 Å². The molecule has 0 amide bonds. The molecule has 1 nitrogen and oxygen atoms in total. The molecule has 6 aliphatic carbocycles. The monoisotopic (exact) mass is 268 g/mol. The molecule has 0 saturated heterocycles. The number of allylic oxidation sites excluding steroid dienone is 2. The Bertz CT molecular complexity index is 508. The smallest absolute Gasteiger partial charge is 0.120 e. The van der Waals surface area contributed by atoms with E-state index in [0.29, 0.717) is 0 Å². The topological polar surface area (TPSA) is 17.1 Å². The molecule has 0 aromatic rings. The van der Waals surface area contributed by atoms with Gasteiger partial charge in [-0.1, -0.05) is 12.2 Å². The highest BCUT2D eigenvalue weighted by molar-refractivity contribution is 5.50. The Labute approximate surface area is 121 Å². The van der Waals surface area contributed by atoms with Gasteiger partial charge in [0, 0.05) is 6.42 Å². The van der Waals surface area contributed by atoms with E-state index in [1.165, 1.54) is 25.5 Å². The first-order chi connectivity index (χ1) is 9.86. The van der Waals surface area contributed by atoms with Crippen molar-refractivity contribution in [3.05, 3.63) is 12.2 Å². The van der Waals surface area contributed by atoms with Crippen molar-refractivity contribution < 1.29 is 4.79 Å². The predicted octanol–water partition coefficient (Wildman–Crippen LogP) is 3.55. The van der Waals surface area contributed by atoms with E-state index < -0.39 is 0 Å². The fraction of sp³-hybridized carbons (Fsp3) is 0.842. The van der Waals surface area contributed by atoms with Crippen LogP contribution in [0.25, 0.3) is 0 Å². The van der Waals surface area contributed by atoms with Gasteiger partial charge in [-0.2, -0.15) is 0 Å². The van der Waals surface area contributed by atoms with E-state index in [-0.39, 0.29) is 0 Å². The predicted molar refractivity (Wildman–Crippen MR) is 76.7 cm³/mol. The van der Waals surface area contributed by atoms with Gasteiger partial charge in [0.05, 0.1) is 0 Å². The van der Waals surface area contributed by atoms with Gasteiger partial charge in [-0.15, -0.1) is 0 Å². The second kappa shape index (κ2) is 3.42. The molecule has 106 valence electrons.